The molecule has 0 atom stereocenters. The molecule has 0 N–H and O–H groups in total. The van der Waals surface area contributed by atoms with Gasteiger partial charge in [0.25, 0.3) is 0 Å². The van der Waals surface area contributed by atoms with Crippen LogP contribution in [0.4, 0.5) is 0 Å². The average molecular weight is 128 g/mol. The van der Waals surface area contributed by atoms with Crippen molar-refractivity contribution in [2.24, 2.45) is 0 Å². The molecule has 9 heavy (non-hydrogen) atoms. The lowest BCUT2D eigenvalue weighted by Crippen LogP contribution is -2.34. The van der Waals surface area contributed by atoms with E-state index < -0.39 is 0 Å². The van der Waals surface area contributed by atoms with Gasteiger partial charge in [-0.05, 0) is 20.8 Å². The van der Waals surface area contributed by atoms with Crippen LogP contribution in [0.25, 0.3) is 0 Å². The summed E-state index contributed by atoms with van der Waals surface area (Å²) in [6.45, 7) is 9.97. The van der Waals surface area contributed by atoms with E-state index in [4.69, 9.17) is 0 Å². The lowest BCUT2D eigenvalue weighted by atomic mass is 10.3. The van der Waals surface area contributed by atoms with Crippen LogP contribution in [0.1, 0.15) is 20.8 Å². The smallest absolute Gasteiger partial charge is 0.223 e. The molecule has 0 unspecified atom stereocenters. The minimum absolute atomic E-state index is 0.0903. The van der Waals surface area contributed by atoms with Crippen molar-refractivity contribution in [2.45, 2.75) is 26.8 Å². The molecule has 0 aromatic carbocycles. The van der Waals surface area contributed by atoms with Gasteiger partial charge in [-0.15, -0.1) is 0 Å². The SMILES string of the molecule is [CH2]C(=O)N(CC)C(C)C. The van der Waals surface area contributed by atoms with Gasteiger partial charge < -0.3 is 4.90 Å². The second-order valence-corrected chi connectivity index (χ2v) is 2.27. The molecular formula is C7H14NO. The molecule has 0 heterocycles. The monoisotopic (exact) mass is 128 g/mol. The van der Waals surface area contributed by atoms with Crippen LogP contribution in [0.15, 0.2) is 0 Å². The van der Waals surface area contributed by atoms with E-state index in [1.165, 1.54) is 0 Å². The Kier molecular flexibility index (Phi) is 3.28. The molecule has 0 spiro atoms. The quantitative estimate of drug-likeness (QED) is 0.545. The second kappa shape index (κ2) is 3.49. The zero-order valence-electron chi connectivity index (χ0n) is 6.35. The largest absolute Gasteiger partial charge is 0.341 e. The Morgan fingerprint density at radius 2 is 2.11 bits per heavy atom. The van der Waals surface area contributed by atoms with Crippen LogP contribution >= 0.6 is 0 Å². The van der Waals surface area contributed by atoms with Gasteiger partial charge in [-0.25, -0.2) is 0 Å². The van der Waals surface area contributed by atoms with Gasteiger partial charge in [0.1, 0.15) is 0 Å². The Hall–Kier alpha value is -0.530. The first kappa shape index (κ1) is 8.47. The summed E-state index contributed by atoms with van der Waals surface area (Å²) in [7, 11) is 0. The van der Waals surface area contributed by atoms with Crippen LogP contribution in [-0.4, -0.2) is 23.4 Å². The molecule has 0 aliphatic heterocycles. The van der Waals surface area contributed by atoms with Crippen molar-refractivity contribution in [1.82, 2.24) is 4.90 Å². The van der Waals surface area contributed by atoms with E-state index in [2.05, 4.69) is 6.92 Å². The van der Waals surface area contributed by atoms with Gasteiger partial charge in [-0.1, -0.05) is 0 Å². The highest BCUT2D eigenvalue weighted by Gasteiger charge is 2.08. The first-order valence-electron chi connectivity index (χ1n) is 3.22. The maximum atomic E-state index is 10.6. The highest BCUT2D eigenvalue weighted by atomic mass is 16.2. The molecule has 0 aliphatic carbocycles. The standard InChI is InChI=1S/C7H14NO/c1-5-8(6(2)3)7(4)9/h6H,4-5H2,1-3H3. The molecule has 0 aliphatic rings. The number of carbonyl (C=O) groups excluding carboxylic acids is 1. The molecule has 0 aromatic heterocycles. The van der Waals surface area contributed by atoms with E-state index >= 15 is 0 Å². The zero-order valence-corrected chi connectivity index (χ0v) is 6.35. The van der Waals surface area contributed by atoms with Gasteiger partial charge in [0.05, 0.1) is 0 Å². The predicted molar refractivity (Wildman–Crippen MR) is 37.9 cm³/mol. The second-order valence-electron chi connectivity index (χ2n) is 2.27. The number of hydrogen-bond donors (Lipinski definition) is 0. The van der Waals surface area contributed by atoms with Gasteiger partial charge in [0.15, 0.2) is 0 Å². The van der Waals surface area contributed by atoms with E-state index in [0.717, 1.165) is 6.54 Å². The summed E-state index contributed by atoms with van der Waals surface area (Å²) in [6.07, 6.45) is 0. The molecule has 0 aromatic rings. The van der Waals surface area contributed by atoms with E-state index in [-0.39, 0.29) is 11.9 Å². The van der Waals surface area contributed by atoms with Crippen LogP contribution in [0.5, 0.6) is 0 Å². The molecule has 53 valence electrons. The van der Waals surface area contributed by atoms with Crippen molar-refractivity contribution in [3.05, 3.63) is 6.92 Å². The Balaban J connectivity index is 3.83. The third-order valence-corrected chi connectivity index (χ3v) is 1.28. The maximum Gasteiger partial charge on any atom is 0.223 e. The van der Waals surface area contributed by atoms with Crippen LogP contribution in [0, 0.1) is 6.92 Å². The Labute approximate surface area is 56.9 Å². The molecule has 0 fully saturated rings. The third-order valence-electron chi connectivity index (χ3n) is 1.28. The minimum Gasteiger partial charge on any atom is -0.341 e. The van der Waals surface area contributed by atoms with Crippen LogP contribution in [0.2, 0.25) is 0 Å². The van der Waals surface area contributed by atoms with Crippen LogP contribution in [0.3, 0.4) is 0 Å². The number of nitrogens with zero attached hydrogens (tertiary/aromatic N) is 1. The molecule has 0 bridgehead atoms. The fraction of sp³-hybridized carbons (Fsp3) is 0.714. The molecule has 0 rings (SSSR count). The van der Waals surface area contributed by atoms with Crippen LogP contribution in [-0.2, 0) is 4.79 Å². The van der Waals surface area contributed by atoms with Gasteiger partial charge >= 0.3 is 0 Å². The summed E-state index contributed by atoms with van der Waals surface area (Å²) in [5.74, 6) is -0.0903. The van der Waals surface area contributed by atoms with Crippen molar-refractivity contribution >= 4 is 5.91 Å². The third kappa shape index (κ3) is 2.49. The van der Waals surface area contributed by atoms with Crippen molar-refractivity contribution in [3.63, 3.8) is 0 Å². The highest BCUT2D eigenvalue weighted by Crippen LogP contribution is 1.95. The number of hydrogen-bond acceptors (Lipinski definition) is 1. The van der Waals surface area contributed by atoms with Crippen LogP contribution < -0.4 is 0 Å². The summed E-state index contributed by atoms with van der Waals surface area (Å²) in [6, 6.07) is 0.278. The van der Waals surface area contributed by atoms with Gasteiger partial charge in [0, 0.05) is 19.5 Å². The fourth-order valence-corrected chi connectivity index (χ4v) is 0.829. The number of rotatable bonds is 2. The maximum absolute atomic E-state index is 10.6. The first-order valence-corrected chi connectivity index (χ1v) is 3.22. The topological polar surface area (TPSA) is 20.3 Å². The fourth-order valence-electron chi connectivity index (χ4n) is 0.829. The lowest BCUT2D eigenvalue weighted by Gasteiger charge is -2.22. The summed E-state index contributed by atoms with van der Waals surface area (Å²) >= 11 is 0. The van der Waals surface area contributed by atoms with Crippen molar-refractivity contribution < 1.29 is 4.79 Å². The first-order chi connectivity index (χ1) is 4.09. The van der Waals surface area contributed by atoms with E-state index in [1.54, 1.807) is 4.90 Å². The van der Waals surface area contributed by atoms with E-state index in [1.807, 2.05) is 20.8 Å². The zero-order chi connectivity index (χ0) is 7.44. The van der Waals surface area contributed by atoms with Gasteiger partial charge in [-0.2, -0.15) is 0 Å². The minimum atomic E-state index is -0.0903. The predicted octanol–water partition coefficient (Wildman–Crippen LogP) is 1.08. The average Bonchev–Trinajstić information content (AvgIpc) is 1.64. The molecular weight excluding hydrogens is 114 g/mol. The molecule has 1 radical (unpaired) electrons. The highest BCUT2D eigenvalue weighted by molar-refractivity contribution is 5.80. The molecule has 2 nitrogen and oxygen atoms in total. The number of carbonyl (C=O) groups is 1. The molecule has 0 saturated carbocycles. The van der Waals surface area contributed by atoms with E-state index in [0.29, 0.717) is 0 Å². The van der Waals surface area contributed by atoms with Crippen molar-refractivity contribution in [3.8, 4) is 0 Å². The van der Waals surface area contributed by atoms with Crippen molar-refractivity contribution in [1.29, 1.82) is 0 Å². The molecule has 1 amide bonds. The molecule has 2 heteroatoms. The van der Waals surface area contributed by atoms with Gasteiger partial charge in [-0.3, -0.25) is 4.79 Å². The normalized spacial score (nSPS) is 9.89. The lowest BCUT2D eigenvalue weighted by molar-refractivity contribution is -0.127. The summed E-state index contributed by atoms with van der Waals surface area (Å²) in [4.78, 5) is 12.3. The Morgan fingerprint density at radius 3 is 2.11 bits per heavy atom. The molecule has 0 saturated heterocycles. The Bertz CT molecular complexity index is 99.1. The van der Waals surface area contributed by atoms with E-state index in [9.17, 15) is 4.79 Å². The summed E-state index contributed by atoms with van der Waals surface area (Å²) in [5.41, 5.74) is 0. The Morgan fingerprint density at radius 1 is 1.67 bits per heavy atom. The summed E-state index contributed by atoms with van der Waals surface area (Å²) in [5, 5.41) is 0. The van der Waals surface area contributed by atoms with Crippen molar-refractivity contribution in [2.75, 3.05) is 6.54 Å². The van der Waals surface area contributed by atoms with Gasteiger partial charge in [0.2, 0.25) is 5.91 Å². The summed E-state index contributed by atoms with van der Waals surface area (Å²) < 4.78 is 0. The number of amides is 1.